The maximum atomic E-state index is 12.3. The van der Waals surface area contributed by atoms with Crippen molar-refractivity contribution in [2.45, 2.75) is 25.2 Å². The third-order valence-corrected chi connectivity index (χ3v) is 4.59. The van der Waals surface area contributed by atoms with Crippen LogP contribution in [0.4, 0.5) is 5.69 Å². The van der Waals surface area contributed by atoms with Crippen molar-refractivity contribution >= 4 is 15.7 Å². The number of rotatable bonds is 6. The van der Waals surface area contributed by atoms with E-state index in [1.165, 1.54) is 4.31 Å². The van der Waals surface area contributed by atoms with Gasteiger partial charge in [0, 0.05) is 25.8 Å². The summed E-state index contributed by atoms with van der Waals surface area (Å²) >= 11 is 0. The average Bonchev–Trinajstić information content (AvgIpc) is 2.35. The summed E-state index contributed by atoms with van der Waals surface area (Å²) in [7, 11) is -1.53. The molecule has 0 aliphatic heterocycles. The summed E-state index contributed by atoms with van der Waals surface area (Å²) in [6, 6.07) is 6.82. The molecule has 5 heteroatoms. The third kappa shape index (κ3) is 3.20. The number of nitrogens with one attached hydrogen (secondary N) is 1. The molecule has 1 aromatic rings. The molecule has 0 aromatic heterocycles. The maximum Gasteiger partial charge on any atom is 0.243 e. The number of hydrogen-bond donors (Lipinski definition) is 1. The minimum Gasteiger partial charge on any atom is -0.388 e. The molecule has 0 radical (unpaired) electrons. The van der Waals surface area contributed by atoms with Gasteiger partial charge < -0.3 is 5.32 Å². The fraction of sp³-hybridized carbons (Fsp3) is 0.500. The van der Waals surface area contributed by atoms with E-state index in [2.05, 4.69) is 5.32 Å². The number of sulfonamides is 1. The molecule has 0 fully saturated rings. The van der Waals surface area contributed by atoms with Crippen LogP contribution >= 0.6 is 0 Å². The number of nitrogens with zero attached hydrogens (tertiary/aromatic N) is 1. The van der Waals surface area contributed by atoms with E-state index in [0.717, 1.165) is 12.1 Å². The number of anilines is 1. The third-order valence-electron chi connectivity index (χ3n) is 2.61. The highest BCUT2D eigenvalue weighted by Gasteiger charge is 2.21. The van der Waals surface area contributed by atoms with E-state index in [4.69, 9.17) is 0 Å². The summed E-state index contributed by atoms with van der Waals surface area (Å²) in [4.78, 5) is 0.354. The first kappa shape index (κ1) is 14.0. The van der Waals surface area contributed by atoms with Crippen molar-refractivity contribution in [2.24, 2.45) is 0 Å². The summed E-state index contributed by atoms with van der Waals surface area (Å²) in [6.45, 7) is 4.90. The first-order valence-electron chi connectivity index (χ1n) is 5.84. The zero-order valence-electron chi connectivity index (χ0n) is 10.6. The molecule has 0 saturated carbocycles. The van der Waals surface area contributed by atoms with Crippen LogP contribution in [0.5, 0.6) is 0 Å². The zero-order chi connectivity index (χ0) is 12.9. The molecule has 1 N–H and O–H groups in total. The van der Waals surface area contributed by atoms with E-state index in [-0.39, 0.29) is 0 Å². The molecule has 96 valence electrons. The summed E-state index contributed by atoms with van der Waals surface area (Å²) in [5.41, 5.74) is 0.905. The smallest absolute Gasteiger partial charge is 0.243 e. The van der Waals surface area contributed by atoms with Gasteiger partial charge in [0.1, 0.15) is 0 Å². The van der Waals surface area contributed by atoms with Gasteiger partial charge in [-0.1, -0.05) is 13.8 Å². The van der Waals surface area contributed by atoms with Crippen molar-refractivity contribution in [3.63, 3.8) is 0 Å². The van der Waals surface area contributed by atoms with E-state index in [1.54, 1.807) is 31.3 Å². The van der Waals surface area contributed by atoms with Crippen molar-refractivity contribution in [3.05, 3.63) is 24.3 Å². The lowest BCUT2D eigenvalue weighted by atomic mass is 10.3. The van der Waals surface area contributed by atoms with E-state index in [0.29, 0.717) is 18.0 Å². The Bertz CT molecular complexity index is 440. The van der Waals surface area contributed by atoms with Gasteiger partial charge in [0.2, 0.25) is 10.0 Å². The summed E-state index contributed by atoms with van der Waals surface area (Å²) in [6.07, 6.45) is 0.821. The van der Waals surface area contributed by atoms with Gasteiger partial charge >= 0.3 is 0 Å². The van der Waals surface area contributed by atoms with Crippen molar-refractivity contribution in [3.8, 4) is 0 Å². The van der Waals surface area contributed by atoms with E-state index < -0.39 is 10.0 Å². The van der Waals surface area contributed by atoms with Crippen LogP contribution < -0.4 is 5.32 Å². The van der Waals surface area contributed by atoms with Gasteiger partial charge in [0.15, 0.2) is 0 Å². The second kappa shape index (κ2) is 6.02. The number of hydrogen-bond acceptors (Lipinski definition) is 3. The fourth-order valence-corrected chi connectivity index (χ4v) is 3.18. The molecule has 0 heterocycles. The molecule has 0 atom stereocenters. The first-order chi connectivity index (χ1) is 8.06. The Morgan fingerprint density at radius 2 is 1.76 bits per heavy atom. The topological polar surface area (TPSA) is 49.4 Å². The SMILES string of the molecule is CCCN(CC)S(=O)(=O)c1ccc(NC)cc1. The van der Waals surface area contributed by atoms with Gasteiger partial charge in [0.05, 0.1) is 4.90 Å². The van der Waals surface area contributed by atoms with E-state index in [9.17, 15) is 8.42 Å². The van der Waals surface area contributed by atoms with Crippen LogP contribution in [0.25, 0.3) is 0 Å². The molecule has 0 aliphatic carbocycles. The molecule has 4 nitrogen and oxygen atoms in total. The van der Waals surface area contributed by atoms with Gasteiger partial charge in [0.25, 0.3) is 0 Å². The maximum absolute atomic E-state index is 12.3. The van der Waals surface area contributed by atoms with Crippen molar-refractivity contribution < 1.29 is 8.42 Å². The lowest BCUT2D eigenvalue weighted by molar-refractivity contribution is 0.427. The van der Waals surface area contributed by atoms with Crippen LogP contribution in [-0.2, 0) is 10.0 Å². The van der Waals surface area contributed by atoms with Crippen LogP contribution in [0.3, 0.4) is 0 Å². The molecule has 1 aromatic carbocycles. The summed E-state index contributed by atoms with van der Waals surface area (Å²) < 4.78 is 26.0. The van der Waals surface area contributed by atoms with Crippen LogP contribution in [0.2, 0.25) is 0 Å². The van der Waals surface area contributed by atoms with Crippen LogP contribution in [0.15, 0.2) is 29.2 Å². The Balaban J connectivity index is 3.02. The van der Waals surface area contributed by atoms with Crippen molar-refractivity contribution in [1.82, 2.24) is 4.31 Å². The highest BCUT2D eigenvalue weighted by Crippen LogP contribution is 2.18. The highest BCUT2D eigenvalue weighted by molar-refractivity contribution is 7.89. The minimum absolute atomic E-state index is 0.354. The molecular formula is C12H20N2O2S. The largest absolute Gasteiger partial charge is 0.388 e. The molecule has 1 rings (SSSR count). The zero-order valence-corrected chi connectivity index (χ0v) is 11.4. The molecule has 17 heavy (non-hydrogen) atoms. The van der Waals surface area contributed by atoms with Gasteiger partial charge in [-0.05, 0) is 30.7 Å². The van der Waals surface area contributed by atoms with Crippen LogP contribution in [0, 0.1) is 0 Å². The van der Waals surface area contributed by atoms with Gasteiger partial charge in [-0.25, -0.2) is 8.42 Å². The number of benzene rings is 1. The molecule has 0 spiro atoms. The van der Waals surface area contributed by atoms with E-state index >= 15 is 0 Å². The lowest BCUT2D eigenvalue weighted by Crippen LogP contribution is -2.31. The fourth-order valence-electron chi connectivity index (χ4n) is 1.64. The monoisotopic (exact) mass is 256 g/mol. The Labute approximate surface area is 104 Å². The van der Waals surface area contributed by atoms with E-state index in [1.807, 2.05) is 13.8 Å². The molecule has 0 amide bonds. The molecule has 0 unspecified atom stereocenters. The van der Waals surface area contributed by atoms with Crippen LogP contribution in [0.1, 0.15) is 20.3 Å². The van der Waals surface area contributed by atoms with Crippen molar-refractivity contribution in [2.75, 3.05) is 25.5 Å². The molecular weight excluding hydrogens is 236 g/mol. The predicted octanol–water partition coefficient (Wildman–Crippen LogP) is 2.15. The Hall–Kier alpha value is -1.07. The Kier molecular flexibility index (Phi) is 4.96. The second-order valence-electron chi connectivity index (χ2n) is 3.77. The summed E-state index contributed by atoms with van der Waals surface area (Å²) in [5.74, 6) is 0. The van der Waals surface area contributed by atoms with Gasteiger partial charge in [-0.3, -0.25) is 0 Å². The molecule has 0 bridgehead atoms. The predicted molar refractivity (Wildman–Crippen MR) is 70.7 cm³/mol. The minimum atomic E-state index is -3.33. The lowest BCUT2D eigenvalue weighted by Gasteiger charge is -2.19. The average molecular weight is 256 g/mol. The normalized spacial score (nSPS) is 11.8. The summed E-state index contributed by atoms with van der Waals surface area (Å²) in [5, 5.41) is 2.97. The Morgan fingerprint density at radius 3 is 2.18 bits per heavy atom. The molecule has 0 aliphatic rings. The van der Waals surface area contributed by atoms with Crippen molar-refractivity contribution in [1.29, 1.82) is 0 Å². The second-order valence-corrected chi connectivity index (χ2v) is 5.71. The first-order valence-corrected chi connectivity index (χ1v) is 7.28. The Morgan fingerprint density at radius 1 is 1.18 bits per heavy atom. The highest BCUT2D eigenvalue weighted by atomic mass is 32.2. The van der Waals surface area contributed by atoms with Gasteiger partial charge in [-0.15, -0.1) is 0 Å². The quantitative estimate of drug-likeness (QED) is 0.848. The van der Waals surface area contributed by atoms with Gasteiger partial charge in [-0.2, -0.15) is 4.31 Å². The standard InChI is InChI=1S/C12H20N2O2S/c1-4-10-14(5-2)17(15,16)12-8-6-11(13-3)7-9-12/h6-9,13H,4-5,10H2,1-3H3. The van der Waals surface area contributed by atoms with Crippen LogP contribution in [-0.4, -0.2) is 32.9 Å². The molecule has 0 saturated heterocycles.